The standard InChI is InChI=1S/C14H12ClN3O2/c1-18-13(6-7-16-18)14(20)17-12-5-4-11(15)9-10(12)3-2-8-19/h4-7,9,19H,8H2,1H3,(H,17,20). The van der Waals surface area contributed by atoms with E-state index < -0.39 is 0 Å². The van der Waals surface area contributed by atoms with Gasteiger partial charge in [0.2, 0.25) is 0 Å². The third-order valence-electron chi connectivity index (χ3n) is 2.59. The summed E-state index contributed by atoms with van der Waals surface area (Å²) in [6.45, 7) is -0.262. The summed E-state index contributed by atoms with van der Waals surface area (Å²) in [6.07, 6.45) is 1.54. The zero-order valence-corrected chi connectivity index (χ0v) is 11.5. The van der Waals surface area contributed by atoms with Gasteiger partial charge in [-0.1, -0.05) is 23.4 Å². The second-order valence-electron chi connectivity index (χ2n) is 3.94. The minimum absolute atomic E-state index is 0.262. The van der Waals surface area contributed by atoms with Crippen LogP contribution >= 0.6 is 11.6 Å². The van der Waals surface area contributed by atoms with Crippen LogP contribution in [0.1, 0.15) is 16.1 Å². The van der Waals surface area contributed by atoms with E-state index in [2.05, 4.69) is 22.3 Å². The molecule has 0 aliphatic carbocycles. The molecule has 0 bridgehead atoms. The Hall–Kier alpha value is -2.29. The number of nitrogens with one attached hydrogen (secondary N) is 1. The molecule has 1 aromatic heterocycles. The van der Waals surface area contributed by atoms with Crippen LogP contribution < -0.4 is 5.32 Å². The lowest BCUT2D eigenvalue weighted by Crippen LogP contribution is -2.16. The largest absolute Gasteiger partial charge is 0.384 e. The van der Waals surface area contributed by atoms with Crippen LogP contribution in [0.5, 0.6) is 0 Å². The Balaban J connectivity index is 2.29. The molecule has 0 fully saturated rings. The Morgan fingerprint density at radius 3 is 2.95 bits per heavy atom. The van der Waals surface area contributed by atoms with Crippen molar-refractivity contribution < 1.29 is 9.90 Å². The number of carbonyl (C=O) groups is 1. The number of aryl methyl sites for hydroxylation is 1. The van der Waals surface area contributed by atoms with Crippen LogP contribution in [-0.2, 0) is 7.05 Å². The first-order valence-corrected chi connectivity index (χ1v) is 6.18. The van der Waals surface area contributed by atoms with Gasteiger partial charge in [-0.3, -0.25) is 9.48 Å². The molecule has 20 heavy (non-hydrogen) atoms. The van der Waals surface area contributed by atoms with Crippen molar-refractivity contribution in [2.45, 2.75) is 0 Å². The maximum Gasteiger partial charge on any atom is 0.273 e. The number of halogens is 1. The molecule has 2 N–H and O–H groups in total. The van der Waals surface area contributed by atoms with Crippen molar-refractivity contribution in [1.29, 1.82) is 0 Å². The van der Waals surface area contributed by atoms with Gasteiger partial charge in [0.25, 0.3) is 5.91 Å². The quantitative estimate of drug-likeness (QED) is 0.827. The van der Waals surface area contributed by atoms with Crippen LogP contribution in [0.2, 0.25) is 5.02 Å². The maximum absolute atomic E-state index is 12.1. The van der Waals surface area contributed by atoms with Gasteiger partial charge in [0.15, 0.2) is 0 Å². The van der Waals surface area contributed by atoms with E-state index in [1.165, 1.54) is 4.68 Å². The number of aliphatic hydroxyl groups is 1. The van der Waals surface area contributed by atoms with E-state index in [1.54, 1.807) is 37.5 Å². The van der Waals surface area contributed by atoms with E-state index in [4.69, 9.17) is 16.7 Å². The van der Waals surface area contributed by atoms with E-state index in [-0.39, 0.29) is 12.5 Å². The van der Waals surface area contributed by atoms with Gasteiger partial charge in [-0.25, -0.2) is 0 Å². The third kappa shape index (κ3) is 3.18. The van der Waals surface area contributed by atoms with Crippen molar-refractivity contribution in [3.05, 3.63) is 46.7 Å². The normalized spacial score (nSPS) is 9.75. The maximum atomic E-state index is 12.1. The molecule has 0 spiro atoms. The minimum atomic E-state index is -0.292. The van der Waals surface area contributed by atoms with Crippen molar-refractivity contribution >= 4 is 23.2 Å². The Morgan fingerprint density at radius 2 is 2.30 bits per heavy atom. The summed E-state index contributed by atoms with van der Waals surface area (Å²) in [6, 6.07) is 6.57. The number of aromatic nitrogens is 2. The van der Waals surface area contributed by atoms with Crippen molar-refractivity contribution in [2.24, 2.45) is 7.05 Å². The molecule has 0 saturated carbocycles. The van der Waals surface area contributed by atoms with Gasteiger partial charge in [0, 0.05) is 23.8 Å². The van der Waals surface area contributed by atoms with Crippen LogP contribution in [0.25, 0.3) is 0 Å². The Bertz CT molecular complexity index is 698. The molecule has 0 aliphatic heterocycles. The molecule has 1 amide bonds. The highest BCUT2D eigenvalue weighted by Gasteiger charge is 2.11. The summed E-state index contributed by atoms with van der Waals surface area (Å²) >= 11 is 5.90. The lowest BCUT2D eigenvalue weighted by atomic mass is 10.1. The first-order valence-electron chi connectivity index (χ1n) is 5.80. The summed E-state index contributed by atoms with van der Waals surface area (Å²) in [5.41, 5.74) is 1.50. The Morgan fingerprint density at radius 1 is 1.50 bits per heavy atom. The zero-order chi connectivity index (χ0) is 14.5. The van der Waals surface area contributed by atoms with Crippen LogP contribution in [0.3, 0.4) is 0 Å². The molecule has 102 valence electrons. The molecule has 0 radical (unpaired) electrons. The summed E-state index contributed by atoms with van der Waals surface area (Å²) in [7, 11) is 1.68. The fourth-order valence-corrected chi connectivity index (χ4v) is 1.82. The van der Waals surface area contributed by atoms with Gasteiger partial charge < -0.3 is 10.4 Å². The van der Waals surface area contributed by atoms with Gasteiger partial charge in [-0.05, 0) is 24.3 Å². The highest BCUT2D eigenvalue weighted by atomic mass is 35.5. The molecular formula is C14H12ClN3O2. The van der Waals surface area contributed by atoms with Crippen LogP contribution in [-0.4, -0.2) is 27.4 Å². The first kappa shape index (κ1) is 14.1. The van der Waals surface area contributed by atoms with Crippen molar-refractivity contribution in [3.63, 3.8) is 0 Å². The van der Waals surface area contributed by atoms with Gasteiger partial charge >= 0.3 is 0 Å². The number of rotatable bonds is 2. The summed E-state index contributed by atoms with van der Waals surface area (Å²) < 4.78 is 1.48. The van der Waals surface area contributed by atoms with Gasteiger partial charge in [0.05, 0.1) is 5.69 Å². The predicted molar refractivity (Wildman–Crippen MR) is 76.6 cm³/mol. The molecular weight excluding hydrogens is 278 g/mol. The third-order valence-corrected chi connectivity index (χ3v) is 2.82. The van der Waals surface area contributed by atoms with Crippen LogP contribution in [0.4, 0.5) is 5.69 Å². The highest BCUT2D eigenvalue weighted by Crippen LogP contribution is 2.20. The van der Waals surface area contributed by atoms with Crippen molar-refractivity contribution in [3.8, 4) is 11.8 Å². The molecule has 0 saturated heterocycles. The molecule has 0 atom stereocenters. The van der Waals surface area contributed by atoms with Gasteiger partial charge in [0.1, 0.15) is 12.3 Å². The summed E-state index contributed by atoms with van der Waals surface area (Å²) in [5.74, 6) is 4.98. The number of amides is 1. The lowest BCUT2D eigenvalue weighted by molar-refractivity contribution is 0.101. The fourth-order valence-electron chi connectivity index (χ4n) is 1.65. The predicted octanol–water partition coefficient (Wildman–Crippen LogP) is 1.67. The molecule has 1 aromatic carbocycles. The summed E-state index contributed by atoms with van der Waals surface area (Å²) in [5, 5.41) is 15.9. The number of nitrogens with zero attached hydrogens (tertiary/aromatic N) is 2. The topological polar surface area (TPSA) is 67.2 Å². The first-order chi connectivity index (χ1) is 9.61. The molecule has 6 heteroatoms. The van der Waals surface area contributed by atoms with E-state index in [0.29, 0.717) is 22.0 Å². The van der Waals surface area contributed by atoms with Crippen molar-refractivity contribution in [2.75, 3.05) is 11.9 Å². The fraction of sp³-hybridized carbons (Fsp3) is 0.143. The number of aliphatic hydroxyl groups excluding tert-OH is 1. The molecule has 2 rings (SSSR count). The SMILES string of the molecule is Cn1nccc1C(=O)Nc1ccc(Cl)cc1C#CCO. The zero-order valence-electron chi connectivity index (χ0n) is 10.7. The molecule has 0 unspecified atom stereocenters. The molecule has 2 aromatic rings. The number of carbonyl (C=O) groups excluding carboxylic acids is 1. The molecule has 1 heterocycles. The average Bonchev–Trinajstić information content (AvgIpc) is 2.85. The minimum Gasteiger partial charge on any atom is -0.384 e. The number of anilines is 1. The average molecular weight is 290 g/mol. The Kier molecular flexibility index (Phi) is 4.41. The van der Waals surface area contributed by atoms with Gasteiger partial charge in [-0.2, -0.15) is 5.10 Å². The van der Waals surface area contributed by atoms with Gasteiger partial charge in [-0.15, -0.1) is 0 Å². The summed E-state index contributed by atoms with van der Waals surface area (Å²) in [4.78, 5) is 12.1. The number of hydrogen-bond acceptors (Lipinski definition) is 3. The monoisotopic (exact) mass is 289 g/mol. The van der Waals surface area contributed by atoms with Crippen molar-refractivity contribution in [1.82, 2.24) is 9.78 Å². The van der Waals surface area contributed by atoms with Crippen LogP contribution in [0.15, 0.2) is 30.5 Å². The van der Waals surface area contributed by atoms with E-state index in [1.807, 2.05) is 0 Å². The van der Waals surface area contributed by atoms with Crippen LogP contribution in [0, 0.1) is 11.8 Å². The second-order valence-corrected chi connectivity index (χ2v) is 4.38. The highest BCUT2D eigenvalue weighted by molar-refractivity contribution is 6.30. The van der Waals surface area contributed by atoms with E-state index in [9.17, 15) is 4.79 Å². The van der Waals surface area contributed by atoms with E-state index in [0.717, 1.165) is 0 Å². The van der Waals surface area contributed by atoms with E-state index >= 15 is 0 Å². The Labute approximate surface area is 121 Å². The smallest absolute Gasteiger partial charge is 0.273 e. The lowest BCUT2D eigenvalue weighted by Gasteiger charge is -2.08. The second kappa shape index (κ2) is 6.24. The number of hydrogen-bond donors (Lipinski definition) is 2. The number of benzene rings is 1. The molecule has 0 aliphatic rings. The molecule has 5 nitrogen and oxygen atoms in total.